The second-order valence-electron chi connectivity index (χ2n) is 24.7. The van der Waals surface area contributed by atoms with Crippen molar-refractivity contribution in [3.63, 3.8) is 0 Å². The van der Waals surface area contributed by atoms with Crippen LogP contribution in [0.4, 0.5) is 0 Å². The van der Waals surface area contributed by atoms with Gasteiger partial charge in [0.1, 0.15) is 19.3 Å². The number of aliphatic hydroxyl groups is 1. The van der Waals surface area contributed by atoms with E-state index in [1.54, 1.807) is 0 Å². The van der Waals surface area contributed by atoms with E-state index < -0.39 is 97.5 Å². The third-order valence-electron chi connectivity index (χ3n) is 15.5. The van der Waals surface area contributed by atoms with Crippen LogP contribution in [0.1, 0.15) is 343 Å². The zero-order valence-electron chi connectivity index (χ0n) is 55.4. The minimum absolute atomic E-state index is 0.103. The van der Waals surface area contributed by atoms with Gasteiger partial charge in [0.05, 0.1) is 26.4 Å². The normalized spacial score (nSPS) is 14.2. The lowest BCUT2D eigenvalue weighted by molar-refractivity contribution is -0.161. The summed E-state index contributed by atoms with van der Waals surface area (Å²) in [6, 6.07) is 0. The monoisotopic (exact) mass is 1270 g/mol. The Balaban J connectivity index is 5.09. The lowest BCUT2D eigenvalue weighted by Gasteiger charge is -2.21. The van der Waals surface area contributed by atoms with Crippen molar-refractivity contribution in [3.05, 3.63) is 0 Å². The van der Waals surface area contributed by atoms with Gasteiger partial charge in [-0.1, -0.05) is 291 Å². The first-order chi connectivity index (χ1) is 41.5. The summed E-state index contributed by atoms with van der Waals surface area (Å²) in [4.78, 5) is 72.0. The van der Waals surface area contributed by atoms with Gasteiger partial charge in [-0.05, 0) is 31.6 Å². The molecule has 2 unspecified atom stereocenters. The van der Waals surface area contributed by atoms with Crippen LogP contribution in [-0.4, -0.2) is 96.7 Å². The topological polar surface area (TPSA) is 237 Å². The molecule has 86 heavy (non-hydrogen) atoms. The number of carbonyl (C=O) groups is 4. The fraction of sp³-hybridized carbons (Fsp3) is 0.940. The van der Waals surface area contributed by atoms with Gasteiger partial charge in [-0.15, -0.1) is 0 Å². The molecule has 0 fully saturated rings. The van der Waals surface area contributed by atoms with Gasteiger partial charge in [0.15, 0.2) is 12.2 Å². The largest absolute Gasteiger partial charge is 0.472 e. The maximum absolute atomic E-state index is 13.0. The third-order valence-corrected chi connectivity index (χ3v) is 17.4. The maximum atomic E-state index is 13.0. The molecule has 0 aliphatic carbocycles. The summed E-state index contributed by atoms with van der Waals surface area (Å²) in [6.45, 7) is 7.09. The van der Waals surface area contributed by atoms with E-state index in [1.165, 1.54) is 141 Å². The molecule has 0 amide bonds. The van der Waals surface area contributed by atoms with Gasteiger partial charge >= 0.3 is 39.5 Å². The predicted molar refractivity (Wildman–Crippen MR) is 345 cm³/mol. The van der Waals surface area contributed by atoms with Gasteiger partial charge in [-0.3, -0.25) is 37.3 Å². The summed E-state index contributed by atoms with van der Waals surface area (Å²) in [5.74, 6) is -1.41. The van der Waals surface area contributed by atoms with Crippen molar-refractivity contribution in [1.82, 2.24) is 0 Å². The highest BCUT2D eigenvalue weighted by Crippen LogP contribution is 2.45. The molecule has 0 aliphatic rings. The Bertz CT molecular complexity index is 1670. The summed E-state index contributed by atoms with van der Waals surface area (Å²) in [6.07, 6.45) is 46.4. The molecule has 0 saturated heterocycles. The number of hydrogen-bond donors (Lipinski definition) is 3. The number of unbranched alkanes of at least 4 members (excludes halogenated alkanes) is 39. The molecule has 0 rings (SSSR count). The molecule has 510 valence electrons. The fourth-order valence-electron chi connectivity index (χ4n) is 10.1. The molecule has 0 aromatic heterocycles. The predicted octanol–water partition coefficient (Wildman–Crippen LogP) is 19.0. The van der Waals surface area contributed by atoms with E-state index >= 15 is 0 Å². The Hall–Kier alpha value is -1.94. The first-order valence-corrected chi connectivity index (χ1v) is 38.1. The Morgan fingerprint density at radius 3 is 0.791 bits per heavy atom. The lowest BCUT2D eigenvalue weighted by Crippen LogP contribution is -2.30. The number of hydrogen-bond acceptors (Lipinski definition) is 15. The van der Waals surface area contributed by atoms with Crippen LogP contribution in [0.15, 0.2) is 0 Å². The Kier molecular flexibility index (Phi) is 59.2. The molecule has 19 heteroatoms. The number of esters is 4. The number of carbonyl (C=O) groups excluding carboxylic acids is 4. The van der Waals surface area contributed by atoms with E-state index in [-0.39, 0.29) is 25.7 Å². The second kappa shape index (κ2) is 60.6. The average Bonchev–Trinajstić information content (AvgIpc) is 3.49. The van der Waals surface area contributed by atoms with Gasteiger partial charge in [-0.25, -0.2) is 9.13 Å². The Labute approximate surface area is 524 Å². The Morgan fingerprint density at radius 1 is 0.314 bits per heavy atom. The molecule has 0 bridgehead atoms. The molecule has 5 atom stereocenters. The molecule has 0 radical (unpaired) electrons. The van der Waals surface area contributed by atoms with E-state index in [9.17, 15) is 43.2 Å². The van der Waals surface area contributed by atoms with E-state index in [2.05, 4.69) is 34.6 Å². The van der Waals surface area contributed by atoms with Gasteiger partial charge in [-0.2, -0.15) is 0 Å². The molecule has 0 aromatic carbocycles. The fourth-order valence-corrected chi connectivity index (χ4v) is 11.7. The van der Waals surface area contributed by atoms with Crippen molar-refractivity contribution in [2.45, 2.75) is 361 Å². The van der Waals surface area contributed by atoms with Crippen LogP contribution in [0.2, 0.25) is 0 Å². The summed E-state index contributed by atoms with van der Waals surface area (Å²) in [5, 5.41) is 10.5. The highest BCUT2D eigenvalue weighted by atomic mass is 31.2. The lowest BCUT2D eigenvalue weighted by atomic mass is 10.0. The minimum Gasteiger partial charge on any atom is -0.462 e. The third kappa shape index (κ3) is 60.9. The molecule has 0 heterocycles. The number of aliphatic hydroxyl groups excluding tert-OH is 1. The molecule has 0 aliphatic heterocycles. The van der Waals surface area contributed by atoms with E-state index in [1.807, 2.05) is 0 Å². The van der Waals surface area contributed by atoms with Crippen LogP contribution in [0, 0.1) is 5.92 Å². The van der Waals surface area contributed by atoms with Crippen LogP contribution in [0.5, 0.6) is 0 Å². The van der Waals surface area contributed by atoms with E-state index in [0.29, 0.717) is 25.7 Å². The Morgan fingerprint density at radius 2 is 0.535 bits per heavy atom. The molecule has 17 nitrogen and oxygen atoms in total. The molecule has 0 spiro atoms. The van der Waals surface area contributed by atoms with Gasteiger partial charge in [0, 0.05) is 25.7 Å². The van der Waals surface area contributed by atoms with E-state index in [4.69, 9.17) is 37.0 Å². The minimum atomic E-state index is -4.95. The van der Waals surface area contributed by atoms with Crippen molar-refractivity contribution in [2.24, 2.45) is 5.92 Å². The summed E-state index contributed by atoms with van der Waals surface area (Å²) in [5.41, 5.74) is 0. The number of phosphoric ester groups is 2. The quantitative estimate of drug-likeness (QED) is 0.0222. The summed E-state index contributed by atoms with van der Waals surface area (Å²) < 4.78 is 67.9. The van der Waals surface area contributed by atoms with Gasteiger partial charge < -0.3 is 33.8 Å². The van der Waals surface area contributed by atoms with Crippen molar-refractivity contribution < 1.29 is 80.2 Å². The molecule has 0 saturated carbocycles. The van der Waals surface area contributed by atoms with Crippen molar-refractivity contribution in [3.8, 4) is 0 Å². The van der Waals surface area contributed by atoms with Crippen LogP contribution in [0.25, 0.3) is 0 Å². The number of ether oxygens (including phenoxy) is 4. The molecule has 3 N–H and O–H groups in total. The van der Waals surface area contributed by atoms with Crippen molar-refractivity contribution >= 4 is 39.5 Å². The van der Waals surface area contributed by atoms with Crippen LogP contribution in [-0.2, 0) is 65.4 Å². The SMILES string of the molecule is CCCCCCCCCCCCCCCCCCCCCCCC(=O)O[C@H](COC(=O)CCCCCCCCCCC(C)C)COP(=O)(O)OC[C@@H](O)COP(=O)(O)OC[C@@H](COC(=O)CCCCCCCCC)OC(=O)CCCCCCCCC. The van der Waals surface area contributed by atoms with Crippen molar-refractivity contribution in [1.29, 1.82) is 0 Å². The second-order valence-corrected chi connectivity index (χ2v) is 27.6. The molecular formula is C67H130O17P2. The maximum Gasteiger partial charge on any atom is 0.472 e. The summed E-state index contributed by atoms with van der Waals surface area (Å²) >= 11 is 0. The van der Waals surface area contributed by atoms with E-state index in [0.717, 1.165) is 121 Å². The summed E-state index contributed by atoms with van der Waals surface area (Å²) in [7, 11) is -9.88. The van der Waals surface area contributed by atoms with Crippen LogP contribution in [0.3, 0.4) is 0 Å². The standard InChI is InChI=1S/C67H130O17P2/c1-6-9-12-15-18-19-20-21-22-23-24-25-26-27-28-29-30-31-38-43-48-53-67(72)84-63(57-78-65(70)51-46-41-37-33-32-36-39-44-49-60(4)5)59-82-86(75,76)80-55-61(68)54-79-85(73,74)81-58-62(83-66(71)52-47-42-35-17-14-11-8-3)56-77-64(69)50-45-40-34-16-13-10-7-2/h60-63,68H,6-59H2,1-5H3,(H,73,74)(H,75,76)/t61-,62+,63+/m0/s1. The van der Waals surface area contributed by atoms with Crippen molar-refractivity contribution in [2.75, 3.05) is 39.6 Å². The first-order valence-electron chi connectivity index (χ1n) is 35.1. The average molecular weight is 1270 g/mol. The first kappa shape index (κ1) is 84.1. The molecular weight excluding hydrogens is 1140 g/mol. The zero-order chi connectivity index (χ0) is 63.5. The molecule has 0 aromatic rings. The van der Waals surface area contributed by atoms with Gasteiger partial charge in [0.2, 0.25) is 0 Å². The highest BCUT2D eigenvalue weighted by Gasteiger charge is 2.30. The number of rotatable bonds is 67. The van der Waals surface area contributed by atoms with Crippen LogP contribution >= 0.6 is 15.6 Å². The number of phosphoric acid groups is 2. The smallest absolute Gasteiger partial charge is 0.462 e. The highest BCUT2D eigenvalue weighted by molar-refractivity contribution is 7.47. The van der Waals surface area contributed by atoms with Gasteiger partial charge in [0.25, 0.3) is 0 Å². The van der Waals surface area contributed by atoms with Crippen LogP contribution < -0.4 is 0 Å². The zero-order valence-corrected chi connectivity index (χ0v) is 57.2.